The molecule has 2 heterocycles. The van der Waals surface area contributed by atoms with Crippen LogP contribution < -0.4 is 15.2 Å². The maximum absolute atomic E-state index is 12.9. The van der Waals surface area contributed by atoms with Crippen LogP contribution in [0, 0.1) is 17.3 Å². The Morgan fingerprint density at radius 1 is 0.672 bits per heavy atom. The van der Waals surface area contributed by atoms with Gasteiger partial charge in [0.25, 0.3) is 0 Å². The number of allylic oxidation sites excluding steroid dienone is 3. The fourth-order valence-corrected chi connectivity index (χ4v) is 10.1. The van der Waals surface area contributed by atoms with E-state index in [1.165, 1.54) is 0 Å². The number of phenols is 2. The molecule has 8 nitrogen and oxygen atoms in total. The lowest BCUT2D eigenvalue weighted by Crippen LogP contribution is -2.46. The molecule has 5 N–H and O–H groups in total. The number of nitrogens with two attached hydrogens (primary N) is 1. The molecule has 0 fully saturated rings. The van der Waals surface area contributed by atoms with Crippen LogP contribution in [-0.2, 0) is 20.4 Å². The van der Waals surface area contributed by atoms with Gasteiger partial charge in [0.1, 0.15) is 34.2 Å². The highest BCUT2D eigenvalue weighted by Crippen LogP contribution is 2.57. The lowest BCUT2D eigenvalue weighted by Gasteiger charge is -2.47. The van der Waals surface area contributed by atoms with Crippen LogP contribution in [0.5, 0.6) is 23.0 Å². The van der Waals surface area contributed by atoms with E-state index in [-0.39, 0.29) is 62.6 Å². The third-order valence-corrected chi connectivity index (χ3v) is 13.2. The smallest absolute Gasteiger partial charge is 0.331 e. The molecule has 0 radical (unpaired) electrons. The van der Waals surface area contributed by atoms with Crippen molar-refractivity contribution >= 4 is 11.8 Å². The highest BCUT2D eigenvalue weighted by Gasteiger charge is 2.49. The highest BCUT2D eigenvalue weighted by molar-refractivity contribution is 5.96. The van der Waals surface area contributed by atoms with Crippen molar-refractivity contribution in [1.82, 2.24) is 0 Å². The summed E-state index contributed by atoms with van der Waals surface area (Å²) in [6.45, 7) is 33.8. The number of aliphatic carboxylic acids is 1. The summed E-state index contributed by atoms with van der Waals surface area (Å²) in [6, 6.07) is 7.98. The monoisotopic (exact) mass is 844 g/mol. The van der Waals surface area contributed by atoms with Gasteiger partial charge in [0.15, 0.2) is 5.78 Å². The van der Waals surface area contributed by atoms with Crippen molar-refractivity contribution in [3.8, 4) is 23.0 Å². The van der Waals surface area contributed by atoms with Gasteiger partial charge in [0, 0.05) is 52.3 Å². The molecule has 0 spiro atoms. The number of carboxylic acids is 1. The largest absolute Gasteiger partial charge is 0.508 e. The van der Waals surface area contributed by atoms with Gasteiger partial charge in [-0.1, -0.05) is 87.3 Å². The Balaban J connectivity index is 0.000000244. The molecule has 8 heteroatoms. The van der Waals surface area contributed by atoms with Crippen LogP contribution in [0.2, 0.25) is 0 Å². The number of hydrogen-bond donors (Lipinski definition) is 4. The average molecular weight is 844 g/mol. The van der Waals surface area contributed by atoms with E-state index in [2.05, 4.69) is 108 Å². The van der Waals surface area contributed by atoms with Crippen molar-refractivity contribution in [2.75, 3.05) is 0 Å². The van der Waals surface area contributed by atoms with E-state index in [1.54, 1.807) is 0 Å². The fraction of sp³-hybridized carbons (Fsp3) is 0.660. The second-order valence-corrected chi connectivity index (χ2v) is 23.1. The van der Waals surface area contributed by atoms with Crippen LogP contribution in [0.4, 0.5) is 0 Å². The molecule has 0 unspecified atom stereocenters. The van der Waals surface area contributed by atoms with E-state index in [0.29, 0.717) is 42.8 Å². The Bertz CT molecular complexity index is 1980. The number of carbonyl (C=O) groups is 2. The van der Waals surface area contributed by atoms with E-state index in [9.17, 15) is 24.9 Å². The molecule has 2 aromatic rings. The minimum atomic E-state index is -0.866. The van der Waals surface area contributed by atoms with Crippen LogP contribution in [-0.4, -0.2) is 43.8 Å². The molecule has 4 atom stereocenters. The van der Waals surface area contributed by atoms with Crippen LogP contribution in [0.15, 0.2) is 47.6 Å². The molecule has 61 heavy (non-hydrogen) atoms. The summed E-state index contributed by atoms with van der Waals surface area (Å²) in [4.78, 5) is 24.4. The molecular weight excluding hydrogens is 763 g/mol. The van der Waals surface area contributed by atoms with Crippen molar-refractivity contribution in [1.29, 1.82) is 0 Å². The van der Waals surface area contributed by atoms with Crippen molar-refractivity contribution in [2.45, 2.75) is 208 Å². The second kappa shape index (κ2) is 18.1. The van der Waals surface area contributed by atoms with Gasteiger partial charge in [-0.05, 0) is 144 Å². The van der Waals surface area contributed by atoms with Gasteiger partial charge in [0.05, 0.1) is 0 Å². The number of Topliss-reactive ketones (excluding diaryl/α,β-unsaturated/α-hetero) is 1. The number of carbonyl (C=O) groups excluding carboxylic acids is 1. The van der Waals surface area contributed by atoms with Crippen LogP contribution in [0.3, 0.4) is 0 Å². The number of carboxylic acid groups (broad SMARTS) is 1. The van der Waals surface area contributed by atoms with Crippen molar-refractivity contribution in [2.24, 2.45) is 23.0 Å². The van der Waals surface area contributed by atoms with E-state index in [0.717, 1.165) is 65.7 Å². The maximum atomic E-state index is 12.9. The summed E-state index contributed by atoms with van der Waals surface area (Å²) in [5.74, 6) is 1.91. The second-order valence-electron chi connectivity index (χ2n) is 23.1. The number of rotatable bonds is 9. The molecule has 4 aliphatic rings. The van der Waals surface area contributed by atoms with E-state index in [1.807, 2.05) is 39.0 Å². The molecule has 2 aliphatic heterocycles. The molecular formula is C53H81NO7. The third kappa shape index (κ3) is 12.0. The molecule has 0 bridgehead atoms. The lowest BCUT2D eigenvalue weighted by molar-refractivity contribution is -0.133. The first-order chi connectivity index (χ1) is 27.8. The predicted octanol–water partition coefficient (Wildman–Crippen LogP) is 13.0. The summed E-state index contributed by atoms with van der Waals surface area (Å²) in [7, 11) is 0. The summed E-state index contributed by atoms with van der Waals surface area (Å²) < 4.78 is 12.8. The number of phenolic OH excluding ortho intramolecular Hbond substituents is 2. The van der Waals surface area contributed by atoms with Crippen LogP contribution in [0.1, 0.15) is 203 Å². The Morgan fingerprint density at radius 2 is 1.03 bits per heavy atom. The average Bonchev–Trinajstić information content (AvgIpc) is 3.09. The molecule has 340 valence electrons. The van der Waals surface area contributed by atoms with Gasteiger partial charge in [-0.2, -0.15) is 0 Å². The molecule has 0 aromatic heterocycles. The number of aromatic hydroxyl groups is 2. The summed E-state index contributed by atoms with van der Waals surface area (Å²) in [5, 5.41) is 31.4. The van der Waals surface area contributed by atoms with Crippen molar-refractivity contribution in [3.05, 3.63) is 69.8 Å². The Morgan fingerprint density at radius 3 is 1.38 bits per heavy atom. The van der Waals surface area contributed by atoms with Gasteiger partial charge in [-0.15, -0.1) is 0 Å². The zero-order valence-electron chi connectivity index (χ0n) is 40.7. The van der Waals surface area contributed by atoms with Crippen molar-refractivity contribution < 1.29 is 34.4 Å². The summed E-state index contributed by atoms with van der Waals surface area (Å²) in [6.07, 6.45) is 11.3. The first-order valence-corrected chi connectivity index (χ1v) is 22.9. The Hall–Kier alpha value is -3.78. The Labute approximate surface area is 368 Å². The van der Waals surface area contributed by atoms with Gasteiger partial charge in [-0.25, -0.2) is 4.79 Å². The van der Waals surface area contributed by atoms with E-state index in [4.69, 9.17) is 15.2 Å². The molecule has 6 rings (SSSR count). The highest BCUT2D eigenvalue weighted by atomic mass is 16.5. The van der Waals surface area contributed by atoms with E-state index >= 15 is 0 Å². The number of fused-ring (bicyclic) bond motifs is 6. The first-order valence-electron chi connectivity index (χ1n) is 22.9. The molecule has 2 aliphatic carbocycles. The summed E-state index contributed by atoms with van der Waals surface area (Å²) in [5.41, 5.74) is 9.72. The minimum absolute atomic E-state index is 0. The third-order valence-electron chi connectivity index (χ3n) is 13.2. The van der Waals surface area contributed by atoms with Gasteiger partial charge < -0.3 is 30.5 Å². The SMILES string of the molecule is CC(C)(C)N.CCCC(C)(C)c1cc(O)c2c(c1)OC(C)(C)[C@@H]1CC=C(C(=O)CC(C)(C)C)C[C@@H]21.CCCC(C)(C)c1cc(O)c2c(c1)OC(C)(C)[C@@H]1CC=C(C(=O)O)C[C@@H]21. The van der Waals surface area contributed by atoms with Crippen LogP contribution >= 0.6 is 0 Å². The lowest BCUT2D eigenvalue weighted by atomic mass is 9.65. The van der Waals surface area contributed by atoms with Crippen LogP contribution in [0.25, 0.3) is 0 Å². The fourth-order valence-electron chi connectivity index (χ4n) is 10.1. The van der Waals surface area contributed by atoms with Gasteiger partial charge in [-0.3, -0.25) is 4.79 Å². The molecule has 0 amide bonds. The Kier molecular flexibility index (Phi) is 14.8. The molecule has 2 aromatic carbocycles. The predicted molar refractivity (Wildman–Crippen MR) is 249 cm³/mol. The topological polar surface area (TPSA) is 139 Å². The number of ether oxygens (including phenoxy) is 2. The number of hydrogen-bond acceptors (Lipinski definition) is 7. The first kappa shape index (κ1) is 49.9. The zero-order valence-corrected chi connectivity index (χ0v) is 40.7. The zero-order chi connectivity index (χ0) is 46.3. The quantitative estimate of drug-likeness (QED) is 0.196. The number of benzene rings is 2. The normalized spacial score (nSPS) is 22.6. The standard InChI is InChI=1S/C27H40O3.C22H30O4.C4H11N/c1-9-12-26(5,6)18-14-21(28)24-19-13-17(22(29)16-25(2,3)4)10-11-20(19)27(7,8)30-23(24)15-18;1-6-9-21(2,3)14-11-17(23)19-15-10-13(20(24)25)7-8-16(15)22(4,5)26-18(19)12-14;1-4(2,3)5/h10,14-15,19-20,28H,9,11-13,16H2,1-8H3;7,11-12,15-16,23H,6,8-10H2,1-5H3,(H,24,25);5H2,1-3H3/t19-,20-;15-,16-;/m11./s1. The minimum Gasteiger partial charge on any atom is -0.508 e. The molecule has 0 saturated carbocycles. The number of ketones is 1. The van der Waals surface area contributed by atoms with Crippen molar-refractivity contribution in [3.63, 3.8) is 0 Å². The van der Waals surface area contributed by atoms with Gasteiger partial charge in [0.2, 0.25) is 0 Å². The van der Waals surface area contributed by atoms with Gasteiger partial charge >= 0.3 is 5.97 Å². The maximum Gasteiger partial charge on any atom is 0.331 e. The summed E-state index contributed by atoms with van der Waals surface area (Å²) >= 11 is 0. The van der Waals surface area contributed by atoms with E-state index < -0.39 is 11.6 Å². The molecule has 0 saturated heterocycles.